The Kier molecular flexibility index (Phi) is 6.95. The van der Waals surface area contributed by atoms with Gasteiger partial charge in [-0.05, 0) is 37.3 Å². The Balaban J connectivity index is 1.82. The molecule has 3 aromatic rings. The standard InChI is InChI=1S/C21H21ClN4O2S/c1-4-12-26-19(17-10-5-6-11-18(17)28-3)24-25-21(26)29-14(2)20(27)23-16-9-7-8-15(22)13-16/h4-11,13-14H,1,12H2,2-3H3,(H,23,27). The summed E-state index contributed by atoms with van der Waals surface area (Å²) in [5.74, 6) is 1.21. The maximum atomic E-state index is 12.6. The highest BCUT2D eigenvalue weighted by Gasteiger charge is 2.22. The van der Waals surface area contributed by atoms with Crippen molar-refractivity contribution in [3.05, 3.63) is 66.2 Å². The summed E-state index contributed by atoms with van der Waals surface area (Å²) >= 11 is 7.31. The normalized spacial score (nSPS) is 11.7. The smallest absolute Gasteiger partial charge is 0.237 e. The summed E-state index contributed by atoms with van der Waals surface area (Å²) in [6.07, 6.45) is 1.77. The molecule has 0 spiro atoms. The van der Waals surface area contributed by atoms with Crippen molar-refractivity contribution in [1.82, 2.24) is 14.8 Å². The van der Waals surface area contributed by atoms with E-state index in [2.05, 4.69) is 22.1 Å². The van der Waals surface area contributed by atoms with E-state index in [1.54, 1.807) is 37.5 Å². The highest BCUT2D eigenvalue weighted by atomic mass is 35.5. The number of carbonyl (C=O) groups excluding carboxylic acids is 1. The molecule has 0 fully saturated rings. The van der Waals surface area contributed by atoms with Crippen LogP contribution in [0.15, 0.2) is 66.3 Å². The van der Waals surface area contributed by atoms with E-state index in [1.807, 2.05) is 35.8 Å². The summed E-state index contributed by atoms with van der Waals surface area (Å²) in [7, 11) is 1.62. The van der Waals surface area contributed by atoms with Crippen LogP contribution in [0.2, 0.25) is 5.02 Å². The van der Waals surface area contributed by atoms with Crippen LogP contribution in [-0.2, 0) is 11.3 Å². The van der Waals surface area contributed by atoms with Crippen LogP contribution >= 0.6 is 23.4 Å². The molecule has 0 saturated heterocycles. The Morgan fingerprint density at radius 2 is 2.10 bits per heavy atom. The van der Waals surface area contributed by atoms with Crippen LogP contribution < -0.4 is 10.1 Å². The van der Waals surface area contributed by atoms with Gasteiger partial charge in [0.1, 0.15) is 5.75 Å². The lowest BCUT2D eigenvalue weighted by molar-refractivity contribution is -0.115. The number of amides is 1. The predicted molar refractivity (Wildman–Crippen MR) is 118 cm³/mol. The Morgan fingerprint density at radius 3 is 2.83 bits per heavy atom. The fourth-order valence-electron chi connectivity index (χ4n) is 2.72. The number of thioether (sulfide) groups is 1. The number of hydrogen-bond acceptors (Lipinski definition) is 5. The van der Waals surface area contributed by atoms with Crippen molar-refractivity contribution in [2.24, 2.45) is 0 Å². The van der Waals surface area contributed by atoms with Gasteiger partial charge in [0.2, 0.25) is 5.91 Å². The molecule has 0 saturated carbocycles. The molecule has 1 aromatic heterocycles. The van der Waals surface area contributed by atoms with E-state index < -0.39 is 5.25 Å². The number of rotatable bonds is 8. The van der Waals surface area contributed by atoms with Gasteiger partial charge in [-0.1, -0.05) is 47.6 Å². The van der Waals surface area contributed by atoms with Gasteiger partial charge in [-0.3, -0.25) is 9.36 Å². The van der Waals surface area contributed by atoms with E-state index in [9.17, 15) is 4.79 Å². The van der Waals surface area contributed by atoms with Crippen LogP contribution in [-0.4, -0.2) is 33.0 Å². The first-order chi connectivity index (χ1) is 14.0. The largest absolute Gasteiger partial charge is 0.496 e. The number of carbonyl (C=O) groups is 1. The second-order valence-corrected chi connectivity index (χ2v) is 7.91. The number of anilines is 1. The van der Waals surface area contributed by atoms with E-state index in [1.165, 1.54) is 11.8 Å². The topological polar surface area (TPSA) is 69.0 Å². The van der Waals surface area contributed by atoms with E-state index >= 15 is 0 Å². The maximum absolute atomic E-state index is 12.6. The number of ether oxygens (including phenoxy) is 1. The molecule has 0 bridgehead atoms. The first kappa shape index (κ1) is 21.0. The summed E-state index contributed by atoms with van der Waals surface area (Å²) in [5, 5.41) is 12.3. The number of nitrogens with zero attached hydrogens (tertiary/aromatic N) is 3. The molecule has 1 heterocycles. The number of nitrogens with one attached hydrogen (secondary N) is 1. The van der Waals surface area contributed by atoms with Crippen molar-refractivity contribution < 1.29 is 9.53 Å². The fraction of sp³-hybridized carbons (Fsp3) is 0.190. The number of benzene rings is 2. The highest BCUT2D eigenvalue weighted by molar-refractivity contribution is 8.00. The molecular formula is C21H21ClN4O2S. The molecule has 0 radical (unpaired) electrons. The number of para-hydroxylation sites is 1. The molecule has 1 amide bonds. The van der Waals surface area contributed by atoms with Gasteiger partial charge in [-0.25, -0.2) is 0 Å². The average Bonchev–Trinajstić information content (AvgIpc) is 3.10. The third-order valence-electron chi connectivity index (χ3n) is 4.12. The third kappa shape index (κ3) is 4.99. The lowest BCUT2D eigenvalue weighted by Crippen LogP contribution is -2.23. The molecule has 29 heavy (non-hydrogen) atoms. The summed E-state index contributed by atoms with van der Waals surface area (Å²) in [5.41, 5.74) is 1.48. The minimum Gasteiger partial charge on any atom is -0.496 e. The van der Waals surface area contributed by atoms with Crippen molar-refractivity contribution in [3.63, 3.8) is 0 Å². The summed E-state index contributed by atoms with van der Waals surface area (Å²) in [4.78, 5) is 12.6. The Morgan fingerprint density at radius 1 is 1.31 bits per heavy atom. The second kappa shape index (κ2) is 9.62. The zero-order valence-electron chi connectivity index (χ0n) is 16.1. The molecule has 2 aromatic carbocycles. The van der Waals surface area contributed by atoms with Crippen LogP contribution in [0.4, 0.5) is 5.69 Å². The Bertz CT molecular complexity index is 1020. The van der Waals surface area contributed by atoms with Gasteiger partial charge in [0.25, 0.3) is 0 Å². The minimum atomic E-state index is -0.396. The molecule has 1 unspecified atom stereocenters. The number of allylic oxidation sites excluding steroid dienone is 1. The molecule has 0 aliphatic rings. The van der Waals surface area contributed by atoms with Gasteiger partial charge in [0.05, 0.1) is 17.9 Å². The minimum absolute atomic E-state index is 0.149. The Hall–Kier alpha value is -2.77. The van der Waals surface area contributed by atoms with E-state index in [0.717, 1.165) is 5.56 Å². The zero-order chi connectivity index (χ0) is 20.8. The number of aromatic nitrogens is 3. The van der Waals surface area contributed by atoms with Gasteiger partial charge in [-0.15, -0.1) is 16.8 Å². The van der Waals surface area contributed by atoms with Crippen LogP contribution in [0, 0.1) is 0 Å². The lowest BCUT2D eigenvalue weighted by atomic mass is 10.2. The third-order valence-corrected chi connectivity index (χ3v) is 5.44. The molecule has 3 rings (SSSR count). The van der Waals surface area contributed by atoms with Crippen LogP contribution in [0.25, 0.3) is 11.4 Å². The molecule has 8 heteroatoms. The summed E-state index contributed by atoms with van der Waals surface area (Å²) in [6, 6.07) is 14.6. The van der Waals surface area contributed by atoms with Gasteiger partial charge in [0, 0.05) is 17.3 Å². The lowest BCUT2D eigenvalue weighted by Gasteiger charge is -2.14. The Labute approximate surface area is 178 Å². The number of halogens is 1. The van der Waals surface area contributed by atoms with E-state index in [4.69, 9.17) is 16.3 Å². The molecule has 6 nitrogen and oxygen atoms in total. The van der Waals surface area contributed by atoms with Crippen molar-refractivity contribution in [3.8, 4) is 17.1 Å². The first-order valence-electron chi connectivity index (χ1n) is 8.94. The van der Waals surface area contributed by atoms with Crippen LogP contribution in [0.1, 0.15) is 6.92 Å². The monoisotopic (exact) mass is 428 g/mol. The zero-order valence-corrected chi connectivity index (χ0v) is 17.7. The van der Waals surface area contributed by atoms with Gasteiger partial charge in [0.15, 0.2) is 11.0 Å². The fourth-order valence-corrected chi connectivity index (χ4v) is 3.77. The summed E-state index contributed by atoms with van der Waals surface area (Å²) in [6.45, 7) is 6.15. The van der Waals surface area contributed by atoms with Gasteiger partial charge >= 0.3 is 0 Å². The van der Waals surface area contributed by atoms with Crippen LogP contribution in [0.3, 0.4) is 0 Å². The molecule has 150 valence electrons. The molecule has 1 atom stereocenters. The average molecular weight is 429 g/mol. The molecule has 0 aliphatic carbocycles. The van der Waals surface area contributed by atoms with Crippen molar-refractivity contribution >= 4 is 35.0 Å². The predicted octanol–water partition coefficient (Wildman–Crippen LogP) is 4.91. The quantitative estimate of drug-likeness (QED) is 0.407. The SMILES string of the molecule is C=CCn1c(SC(C)C(=O)Nc2cccc(Cl)c2)nnc1-c1ccccc1OC. The summed E-state index contributed by atoms with van der Waals surface area (Å²) < 4.78 is 7.36. The van der Waals surface area contributed by atoms with E-state index in [0.29, 0.717) is 34.0 Å². The molecule has 1 N–H and O–H groups in total. The van der Waals surface area contributed by atoms with E-state index in [-0.39, 0.29) is 5.91 Å². The molecular weight excluding hydrogens is 408 g/mol. The van der Waals surface area contributed by atoms with Crippen LogP contribution in [0.5, 0.6) is 5.75 Å². The number of hydrogen-bond donors (Lipinski definition) is 1. The second-order valence-electron chi connectivity index (χ2n) is 6.17. The maximum Gasteiger partial charge on any atom is 0.237 e. The van der Waals surface area contributed by atoms with Gasteiger partial charge in [-0.2, -0.15) is 0 Å². The van der Waals surface area contributed by atoms with Crippen molar-refractivity contribution in [2.45, 2.75) is 23.9 Å². The molecule has 0 aliphatic heterocycles. The highest BCUT2D eigenvalue weighted by Crippen LogP contribution is 2.32. The van der Waals surface area contributed by atoms with Crippen molar-refractivity contribution in [1.29, 1.82) is 0 Å². The van der Waals surface area contributed by atoms with Crippen molar-refractivity contribution in [2.75, 3.05) is 12.4 Å². The number of methoxy groups -OCH3 is 1. The van der Waals surface area contributed by atoms with Gasteiger partial charge < -0.3 is 10.1 Å². The first-order valence-corrected chi connectivity index (χ1v) is 10.2.